The van der Waals surface area contributed by atoms with Crippen LogP contribution in [0.15, 0.2) is 22.8 Å². The molecular weight excluding hydrogens is 192 g/mol. The van der Waals surface area contributed by atoms with Crippen molar-refractivity contribution < 1.29 is 9.21 Å². The minimum Gasteiger partial charge on any atom is -0.467 e. The molecule has 0 aliphatic carbocycles. The lowest BCUT2D eigenvalue weighted by Crippen LogP contribution is -2.25. The Kier molecular flexibility index (Phi) is 3.40. The average molecular weight is 208 g/mol. The van der Waals surface area contributed by atoms with Crippen molar-refractivity contribution in [3.05, 3.63) is 24.2 Å². The first-order chi connectivity index (χ1) is 7.34. The lowest BCUT2D eigenvalue weighted by molar-refractivity contribution is -0.122. The maximum Gasteiger partial charge on any atom is 0.220 e. The average Bonchev–Trinajstić information content (AvgIpc) is 2.86. The Morgan fingerprint density at radius 1 is 1.67 bits per heavy atom. The number of carbonyl (C=O) groups is 1. The predicted octanol–water partition coefficient (Wildman–Crippen LogP) is 0.895. The number of hydrogen-bond acceptors (Lipinski definition) is 3. The summed E-state index contributed by atoms with van der Waals surface area (Å²) in [5.74, 6) is 1.41. The Bertz CT molecular complexity index is 302. The third-order valence-electron chi connectivity index (χ3n) is 2.68. The van der Waals surface area contributed by atoms with E-state index in [-0.39, 0.29) is 5.91 Å². The molecule has 0 radical (unpaired) electrons. The number of carbonyl (C=O) groups excluding carboxylic acids is 1. The van der Waals surface area contributed by atoms with Crippen LogP contribution >= 0.6 is 0 Å². The van der Waals surface area contributed by atoms with Gasteiger partial charge in [0.1, 0.15) is 5.76 Å². The predicted molar refractivity (Wildman–Crippen MR) is 56.1 cm³/mol. The van der Waals surface area contributed by atoms with Crippen LogP contribution in [0.3, 0.4) is 0 Å². The summed E-state index contributed by atoms with van der Waals surface area (Å²) in [6.07, 6.45) is 3.34. The third-order valence-corrected chi connectivity index (χ3v) is 2.68. The maximum atomic E-state index is 11.5. The van der Waals surface area contributed by atoms with Crippen LogP contribution < -0.4 is 10.6 Å². The molecule has 2 heterocycles. The van der Waals surface area contributed by atoms with Crippen molar-refractivity contribution in [2.75, 3.05) is 13.1 Å². The summed E-state index contributed by atoms with van der Waals surface area (Å²) < 4.78 is 5.13. The summed E-state index contributed by atoms with van der Waals surface area (Å²) >= 11 is 0. The molecule has 1 aliphatic heterocycles. The van der Waals surface area contributed by atoms with E-state index in [1.54, 1.807) is 6.26 Å². The van der Waals surface area contributed by atoms with Gasteiger partial charge in [0.15, 0.2) is 0 Å². The highest BCUT2D eigenvalue weighted by molar-refractivity contribution is 5.76. The van der Waals surface area contributed by atoms with Crippen LogP contribution in [0.25, 0.3) is 0 Å². The minimum absolute atomic E-state index is 0.111. The molecule has 1 aromatic heterocycles. The molecule has 0 spiro atoms. The molecule has 82 valence electrons. The fraction of sp³-hybridized carbons (Fsp3) is 0.545. The lowest BCUT2D eigenvalue weighted by atomic mass is 10.0. The number of hydrogen-bond donors (Lipinski definition) is 2. The van der Waals surface area contributed by atoms with Gasteiger partial charge in [-0.25, -0.2) is 0 Å². The first-order valence-electron chi connectivity index (χ1n) is 5.34. The highest BCUT2D eigenvalue weighted by Crippen LogP contribution is 2.11. The first kappa shape index (κ1) is 10.2. The van der Waals surface area contributed by atoms with Crippen LogP contribution in [-0.4, -0.2) is 19.0 Å². The van der Waals surface area contributed by atoms with Crippen molar-refractivity contribution in [3.63, 3.8) is 0 Å². The zero-order chi connectivity index (χ0) is 10.5. The SMILES string of the molecule is O=C(CC1CCNC1)NCc1ccco1. The Morgan fingerprint density at radius 3 is 3.27 bits per heavy atom. The topological polar surface area (TPSA) is 54.3 Å². The van der Waals surface area contributed by atoms with Gasteiger partial charge in [0, 0.05) is 6.42 Å². The van der Waals surface area contributed by atoms with Gasteiger partial charge in [-0.15, -0.1) is 0 Å². The van der Waals surface area contributed by atoms with Gasteiger partial charge in [-0.3, -0.25) is 4.79 Å². The molecule has 0 aromatic carbocycles. The Labute approximate surface area is 89.0 Å². The van der Waals surface area contributed by atoms with Crippen molar-refractivity contribution in [1.29, 1.82) is 0 Å². The highest BCUT2D eigenvalue weighted by Gasteiger charge is 2.17. The molecule has 1 amide bonds. The van der Waals surface area contributed by atoms with Gasteiger partial charge in [0.05, 0.1) is 12.8 Å². The monoisotopic (exact) mass is 208 g/mol. The van der Waals surface area contributed by atoms with Gasteiger partial charge >= 0.3 is 0 Å². The smallest absolute Gasteiger partial charge is 0.220 e. The summed E-state index contributed by atoms with van der Waals surface area (Å²) in [6.45, 7) is 2.50. The van der Waals surface area contributed by atoms with E-state index in [4.69, 9.17) is 4.42 Å². The number of furan rings is 1. The molecule has 2 N–H and O–H groups in total. The van der Waals surface area contributed by atoms with E-state index in [2.05, 4.69) is 10.6 Å². The van der Waals surface area contributed by atoms with E-state index < -0.39 is 0 Å². The molecule has 1 aromatic rings. The zero-order valence-electron chi connectivity index (χ0n) is 8.66. The Balaban J connectivity index is 1.68. The number of rotatable bonds is 4. The second-order valence-electron chi connectivity index (χ2n) is 3.92. The summed E-state index contributed by atoms with van der Waals surface area (Å²) in [5.41, 5.74) is 0. The van der Waals surface area contributed by atoms with Crippen LogP contribution in [0.5, 0.6) is 0 Å². The van der Waals surface area contributed by atoms with Gasteiger partial charge in [-0.1, -0.05) is 0 Å². The van der Waals surface area contributed by atoms with Gasteiger partial charge in [0.25, 0.3) is 0 Å². The van der Waals surface area contributed by atoms with Crippen LogP contribution in [0, 0.1) is 5.92 Å². The Hall–Kier alpha value is -1.29. The van der Waals surface area contributed by atoms with Crippen molar-refractivity contribution in [1.82, 2.24) is 10.6 Å². The molecule has 4 nitrogen and oxygen atoms in total. The molecule has 1 saturated heterocycles. The van der Waals surface area contributed by atoms with Gasteiger partial charge in [-0.05, 0) is 37.6 Å². The zero-order valence-corrected chi connectivity index (χ0v) is 8.66. The standard InChI is InChI=1S/C11H16N2O2/c14-11(6-9-3-4-12-7-9)13-8-10-2-1-5-15-10/h1-2,5,9,12H,3-4,6-8H2,(H,13,14). The van der Waals surface area contributed by atoms with Crippen molar-refractivity contribution in [3.8, 4) is 0 Å². The maximum absolute atomic E-state index is 11.5. The molecule has 2 rings (SSSR count). The lowest BCUT2D eigenvalue weighted by Gasteiger charge is -2.07. The quantitative estimate of drug-likeness (QED) is 0.772. The van der Waals surface area contributed by atoms with E-state index in [1.807, 2.05) is 12.1 Å². The molecular formula is C11H16N2O2. The number of nitrogens with one attached hydrogen (secondary N) is 2. The van der Waals surface area contributed by atoms with Crippen LogP contribution in [0.2, 0.25) is 0 Å². The molecule has 0 bridgehead atoms. The first-order valence-corrected chi connectivity index (χ1v) is 5.34. The fourth-order valence-corrected chi connectivity index (χ4v) is 1.82. The molecule has 15 heavy (non-hydrogen) atoms. The second kappa shape index (κ2) is 4.98. The molecule has 1 unspecified atom stereocenters. The summed E-state index contributed by atoms with van der Waals surface area (Å²) in [7, 11) is 0. The fourth-order valence-electron chi connectivity index (χ4n) is 1.82. The molecule has 1 fully saturated rings. The van der Waals surface area contributed by atoms with Crippen LogP contribution in [0.4, 0.5) is 0 Å². The number of amides is 1. The normalized spacial score (nSPS) is 20.4. The van der Waals surface area contributed by atoms with Crippen LogP contribution in [-0.2, 0) is 11.3 Å². The van der Waals surface area contributed by atoms with E-state index in [0.29, 0.717) is 18.9 Å². The minimum atomic E-state index is 0.111. The van der Waals surface area contributed by atoms with E-state index in [1.165, 1.54) is 0 Å². The molecule has 1 atom stereocenters. The van der Waals surface area contributed by atoms with E-state index in [0.717, 1.165) is 25.3 Å². The third kappa shape index (κ3) is 3.09. The van der Waals surface area contributed by atoms with E-state index in [9.17, 15) is 4.79 Å². The summed E-state index contributed by atoms with van der Waals surface area (Å²) in [5, 5.41) is 6.10. The Morgan fingerprint density at radius 2 is 2.60 bits per heavy atom. The van der Waals surface area contributed by atoms with Crippen molar-refractivity contribution >= 4 is 5.91 Å². The van der Waals surface area contributed by atoms with Crippen molar-refractivity contribution in [2.24, 2.45) is 5.92 Å². The van der Waals surface area contributed by atoms with Gasteiger partial charge in [-0.2, -0.15) is 0 Å². The summed E-state index contributed by atoms with van der Waals surface area (Å²) in [4.78, 5) is 11.5. The largest absolute Gasteiger partial charge is 0.467 e. The molecule has 1 aliphatic rings. The summed E-state index contributed by atoms with van der Waals surface area (Å²) in [6, 6.07) is 3.68. The van der Waals surface area contributed by atoms with Crippen LogP contribution in [0.1, 0.15) is 18.6 Å². The second-order valence-corrected chi connectivity index (χ2v) is 3.92. The molecule has 4 heteroatoms. The highest BCUT2D eigenvalue weighted by atomic mass is 16.3. The molecule has 0 saturated carbocycles. The van der Waals surface area contributed by atoms with Gasteiger partial charge < -0.3 is 15.1 Å². The van der Waals surface area contributed by atoms with Crippen molar-refractivity contribution in [2.45, 2.75) is 19.4 Å². The van der Waals surface area contributed by atoms with Gasteiger partial charge in [0.2, 0.25) is 5.91 Å². The van der Waals surface area contributed by atoms with E-state index >= 15 is 0 Å².